The highest BCUT2D eigenvalue weighted by Crippen LogP contribution is 2.22. The second kappa shape index (κ2) is 10.5. The number of hydrazone groups is 1. The minimum absolute atomic E-state index is 0.146. The zero-order valence-electron chi connectivity index (χ0n) is 16.7. The normalized spacial score (nSPS) is 11.9. The third kappa shape index (κ3) is 6.22. The Morgan fingerprint density at radius 1 is 1.07 bits per heavy atom. The second-order valence-corrected chi connectivity index (χ2v) is 6.98. The lowest BCUT2D eigenvalue weighted by molar-refractivity contribution is -0.123. The summed E-state index contributed by atoms with van der Waals surface area (Å²) in [5, 5.41) is 7.25. The van der Waals surface area contributed by atoms with Crippen LogP contribution in [0.4, 0.5) is 0 Å². The molecule has 0 saturated carbocycles. The third-order valence-corrected chi connectivity index (χ3v) is 4.41. The van der Waals surface area contributed by atoms with Crippen molar-refractivity contribution in [2.75, 3.05) is 14.2 Å². The van der Waals surface area contributed by atoms with Crippen LogP contribution in [0.5, 0.6) is 11.5 Å². The van der Waals surface area contributed by atoms with E-state index in [4.69, 9.17) is 21.1 Å². The summed E-state index contributed by atoms with van der Waals surface area (Å²) in [6.07, 6.45) is 1.46. The molecule has 154 valence electrons. The number of carbonyl (C=O) groups excluding carboxylic acids is 2. The molecule has 2 rings (SSSR count). The van der Waals surface area contributed by atoms with Gasteiger partial charge in [-0.25, -0.2) is 5.43 Å². The van der Waals surface area contributed by atoms with Crippen molar-refractivity contribution in [3.8, 4) is 11.5 Å². The van der Waals surface area contributed by atoms with E-state index in [1.54, 1.807) is 56.7 Å². The molecule has 0 bridgehead atoms. The van der Waals surface area contributed by atoms with Crippen LogP contribution in [-0.2, 0) is 4.79 Å². The van der Waals surface area contributed by atoms with E-state index in [0.29, 0.717) is 27.6 Å². The standard InChI is InChI=1S/C21H24ClN3O4/c1-13(2)19(24-20(26)14-5-7-16(22)8-6-14)21(27)25-23-12-15-11-17(28-3)9-10-18(15)29-4/h5-13,19H,1-4H3,(H,24,26)(H,25,27). The molecular formula is C21H24ClN3O4. The third-order valence-electron chi connectivity index (χ3n) is 4.16. The summed E-state index contributed by atoms with van der Waals surface area (Å²) in [5.74, 6) is 0.274. The molecule has 0 saturated heterocycles. The van der Waals surface area contributed by atoms with Gasteiger partial charge in [-0.1, -0.05) is 25.4 Å². The maximum Gasteiger partial charge on any atom is 0.262 e. The minimum Gasteiger partial charge on any atom is -0.497 e. The Kier molecular flexibility index (Phi) is 8.03. The van der Waals surface area contributed by atoms with Gasteiger partial charge in [0.1, 0.15) is 17.5 Å². The van der Waals surface area contributed by atoms with Crippen molar-refractivity contribution in [3.63, 3.8) is 0 Å². The summed E-state index contributed by atoms with van der Waals surface area (Å²) < 4.78 is 10.5. The van der Waals surface area contributed by atoms with E-state index in [1.807, 2.05) is 13.8 Å². The van der Waals surface area contributed by atoms with Crippen LogP contribution in [0.25, 0.3) is 0 Å². The summed E-state index contributed by atoms with van der Waals surface area (Å²) in [6.45, 7) is 3.67. The van der Waals surface area contributed by atoms with Crippen molar-refractivity contribution in [1.29, 1.82) is 0 Å². The van der Waals surface area contributed by atoms with Crippen LogP contribution in [0.3, 0.4) is 0 Å². The number of nitrogens with one attached hydrogen (secondary N) is 2. The van der Waals surface area contributed by atoms with Gasteiger partial charge in [-0.05, 0) is 48.4 Å². The first-order valence-corrected chi connectivity index (χ1v) is 9.35. The van der Waals surface area contributed by atoms with Gasteiger partial charge in [0.25, 0.3) is 11.8 Å². The van der Waals surface area contributed by atoms with Crippen LogP contribution in [0.15, 0.2) is 47.6 Å². The predicted molar refractivity (Wildman–Crippen MR) is 113 cm³/mol. The average Bonchev–Trinajstić information content (AvgIpc) is 2.71. The van der Waals surface area contributed by atoms with Gasteiger partial charge in [0.05, 0.1) is 20.4 Å². The first-order chi connectivity index (χ1) is 13.8. The highest BCUT2D eigenvalue weighted by Gasteiger charge is 2.24. The molecule has 2 N–H and O–H groups in total. The summed E-state index contributed by atoms with van der Waals surface area (Å²) >= 11 is 5.84. The van der Waals surface area contributed by atoms with Crippen LogP contribution in [0, 0.1) is 5.92 Å². The molecule has 0 aliphatic heterocycles. The van der Waals surface area contributed by atoms with E-state index in [1.165, 1.54) is 6.21 Å². The fourth-order valence-electron chi connectivity index (χ4n) is 2.54. The summed E-state index contributed by atoms with van der Waals surface area (Å²) in [7, 11) is 3.10. The summed E-state index contributed by atoms with van der Waals surface area (Å²) in [5.41, 5.74) is 3.52. The molecule has 0 aliphatic carbocycles. The van der Waals surface area contributed by atoms with Gasteiger partial charge in [0, 0.05) is 16.1 Å². The Balaban J connectivity index is 2.07. The number of methoxy groups -OCH3 is 2. The Morgan fingerprint density at radius 2 is 1.76 bits per heavy atom. The minimum atomic E-state index is -0.762. The number of carbonyl (C=O) groups is 2. The predicted octanol–water partition coefficient (Wildman–Crippen LogP) is 3.26. The van der Waals surface area contributed by atoms with E-state index in [2.05, 4.69) is 15.8 Å². The van der Waals surface area contributed by atoms with Crippen LogP contribution in [0.2, 0.25) is 5.02 Å². The second-order valence-electron chi connectivity index (χ2n) is 6.54. The Labute approximate surface area is 175 Å². The van der Waals surface area contributed by atoms with Gasteiger partial charge in [-0.15, -0.1) is 0 Å². The van der Waals surface area contributed by atoms with Crippen LogP contribution in [-0.4, -0.2) is 38.3 Å². The van der Waals surface area contributed by atoms with Gasteiger partial charge in [0.15, 0.2) is 0 Å². The van der Waals surface area contributed by atoms with Gasteiger partial charge in [-0.2, -0.15) is 5.10 Å². The van der Waals surface area contributed by atoms with Crippen LogP contribution >= 0.6 is 11.6 Å². The van der Waals surface area contributed by atoms with Crippen molar-refractivity contribution >= 4 is 29.6 Å². The van der Waals surface area contributed by atoms with Gasteiger partial charge in [0.2, 0.25) is 0 Å². The highest BCUT2D eigenvalue weighted by molar-refractivity contribution is 6.30. The molecule has 7 nitrogen and oxygen atoms in total. The number of nitrogens with zero attached hydrogens (tertiary/aromatic N) is 1. The van der Waals surface area contributed by atoms with E-state index >= 15 is 0 Å². The average molecular weight is 418 g/mol. The van der Waals surface area contributed by atoms with Gasteiger partial charge < -0.3 is 14.8 Å². The van der Waals surface area contributed by atoms with E-state index in [-0.39, 0.29) is 11.8 Å². The maximum atomic E-state index is 12.6. The molecule has 0 radical (unpaired) electrons. The molecule has 2 aromatic carbocycles. The monoisotopic (exact) mass is 417 g/mol. The summed E-state index contributed by atoms with van der Waals surface area (Å²) in [6, 6.07) is 10.9. The lowest BCUT2D eigenvalue weighted by atomic mass is 10.0. The first kappa shape index (κ1) is 22.2. The fraction of sp³-hybridized carbons (Fsp3) is 0.286. The number of hydrogen-bond acceptors (Lipinski definition) is 5. The molecule has 0 heterocycles. The first-order valence-electron chi connectivity index (χ1n) is 8.97. The molecule has 29 heavy (non-hydrogen) atoms. The molecular weight excluding hydrogens is 394 g/mol. The molecule has 1 unspecified atom stereocenters. The van der Waals surface area contributed by atoms with Crippen molar-refractivity contribution in [1.82, 2.24) is 10.7 Å². The molecule has 0 spiro atoms. The van der Waals surface area contributed by atoms with Crippen molar-refractivity contribution in [2.45, 2.75) is 19.9 Å². The molecule has 2 aromatic rings. The lowest BCUT2D eigenvalue weighted by Crippen LogP contribution is -2.48. The largest absolute Gasteiger partial charge is 0.497 e. The highest BCUT2D eigenvalue weighted by atomic mass is 35.5. The number of halogens is 1. The topological polar surface area (TPSA) is 89.0 Å². The lowest BCUT2D eigenvalue weighted by Gasteiger charge is -2.20. The van der Waals surface area contributed by atoms with Crippen molar-refractivity contribution < 1.29 is 19.1 Å². The van der Waals surface area contributed by atoms with E-state index in [9.17, 15) is 9.59 Å². The van der Waals surface area contributed by atoms with E-state index in [0.717, 1.165) is 0 Å². The quantitative estimate of drug-likeness (QED) is 0.509. The SMILES string of the molecule is COc1ccc(OC)c(C=NNC(=O)C(NC(=O)c2ccc(Cl)cc2)C(C)C)c1. The zero-order valence-corrected chi connectivity index (χ0v) is 17.5. The molecule has 8 heteroatoms. The van der Waals surface area contributed by atoms with Gasteiger partial charge in [-0.3, -0.25) is 9.59 Å². The molecule has 1 atom stereocenters. The molecule has 0 fully saturated rings. The van der Waals surface area contributed by atoms with Crippen molar-refractivity contribution in [2.24, 2.45) is 11.0 Å². The smallest absolute Gasteiger partial charge is 0.262 e. The Morgan fingerprint density at radius 3 is 2.34 bits per heavy atom. The van der Waals surface area contributed by atoms with Crippen molar-refractivity contribution in [3.05, 3.63) is 58.6 Å². The molecule has 2 amide bonds. The van der Waals surface area contributed by atoms with Gasteiger partial charge >= 0.3 is 0 Å². The number of ether oxygens (including phenoxy) is 2. The molecule has 0 aromatic heterocycles. The van der Waals surface area contributed by atoms with Crippen LogP contribution < -0.4 is 20.2 Å². The number of amides is 2. The van der Waals surface area contributed by atoms with Crippen LogP contribution in [0.1, 0.15) is 29.8 Å². The Bertz CT molecular complexity index is 882. The maximum absolute atomic E-state index is 12.6. The fourth-order valence-corrected chi connectivity index (χ4v) is 2.66. The number of rotatable bonds is 8. The zero-order chi connectivity index (χ0) is 21.4. The van der Waals surface area contributed by atoms with E-state index < -0.39 is 11.9 Å². The Hall–Kier alpha value is -3.06. The number of benzene rings is 2. The summed E-state index contributed by atoms with van der Waals surface area (Å²) in [4.78, 5) is 25.0. The number of hydrogen-bond donors (Lipinski definition) is 2. The molecule has 0 aliphatic rings.